The van der Waals surface area contributed by atoms with Gasteiger partial charge in [-0.15, -0.1) is 0 Å². The summed E-state index contributed by atoms with van der Waals surface area (Å²) in [5, 5.41) is 37.0. The normalized spacial score (nSPS) is 49.2. The minimum atomic E-state index is -1.72. The SMILES string of the molecule is CCC1(O)OCC(O)[C@@H](O)[C@@H]1O. The second kappa shape index (κ2) is 3.27. The van der Waals surface area contributed by atoms with Crippen molar-refractivity contribution in [1.29, 1.82) is 0 Å². The van der Waals surface area contributed by atoms with Gasteiger partial charge in [0.25, 0.3) is 0 Å². The largest absolute Gasteiger partial charge is 0.388 e. The molecule has 5 nitrogen and oxygen atoms in total. The highest BCUT2D eigenvalue weighted by Gasteiger charge is 2.46. The molecule has 1 aliphatic rings. The van der Waals surface area contributed by atoms with Crippen molar-refractivity contribution in [2.24, 2.45) is 0 Å². The summed E-state index contributed by atoms with van der Waals surface area (Å²) in [5.74, 6) is -1.72. The van der Waals surface area contributed by atoms with E-state index in [-0.39, 0.29) is 13.0 Å². The highest BCUT2D eigenvalue weighted by Crippen LogP contribution is 2.26. The highest BCUT2D eigenvalue weighted by atomic mass is 16.6. The lowest BCUT2D eigenvalue weighted by molar-refractivity contribution is -0.321. The van der Waals surface area contributed by atoms with E-state index < -0.39 is 24.1 Å². The van der Waals surface area contributed by atoms with E-state index >= 15 is 0 Å². The molecule has 0 spiro atoms. The number of hydrogen-bond donors (Lipinski definition) is 4. The van der Waals surface area contributed by atoms with Gasteiger partial charge in [-0.25, -0.2) is 0 Å². The molecule has 1 saturated heterocycles. The van der Waals surface area contributed by atoms with Crippen LogP contribution in [0, 0.1) is 0 Å². The van der Waals surface area contributed by atoms with Gasteiger partial charge in [-0.1, -0.05) is 6.92 Å². The first kappa shape index (κ1) is 9.88. The molecule has 1 rings (SSSR count). The first-order valence-electron chi connectivity index (χ1n) is 3.92. The summed E-state index contributed by atoms with van der Waals surface area (Å²) >= 11 is 0. The van der Waals surface area contributed by atoms with Gasteiger partial charge in [0.15, 0.2) is 5.79 Å². The first-order chi connectivity index (χ1) is 5.51. The van der Waals surface area contributed by atoms with Crippen LogP contribution < -0.4 is 0 Å². The third kappa shape index (κ3) is 1.46. The summed E-state index contributed by atoms with van der Waals surface area (Å²) in [6.07, 6.45) is -3.76. The minimum absolute atomic E-state index is 0.164. The van der Waals surface area contributed by atoms with Crippen LogP contribution in [-0.2, 0) is 4.74 Å². The van der Waals surface area contributed by atoms with Crippen molar-refractivity contribution in [3.63, 3.8) is 0 Å². The maximum atomic E-state index is 9.49. The Morgan fingerprint density at radius 1 is 1.42 bits per heavy atom. The lowest BCUT2D eigenvalue weighted by Gasteiger charge is -2.41. The van der Waals surface area contributed by atoms with E-state index in [4.69, 9.17) is 9.84 Å². The Labute approximate surface area is 70.2 Å². The molecule has 0 aliphatic carbocycles. The number of aliphatic hydroxyl groups is 4. The van der Waals surface area contributed by atoms with Gasteiger partial charge < -0.3 is 25.2 Å². The average Bonchev–Trinajstić information content (AvgIpc) is 2.09. The summed E-state index contributed by atoms with van der Waals surface area (Å²) < 4.78 is 4.81. The molecule has 72 valence electrons. The monoisotopic (exact) mass is 178 g/mol. The Balaban J connectivity index is 2.71. The van der Waals surface area contributed by atoms with Gasteiger partial charge in [0, 0.05) is 6.42 Å². The fraction of sp³-hybridized carbons (Fsp3) is 1.00. The standard InChI is InChI=1S/C7H14O5/c1-2-7(11)6(10)5(9)4(8)3-12-7/h4-6,8-11H,2-3H2,1H3/t4?,5-,6+,7?/m1/s1. The third-order valence-corrected chi connectivity index (χ3v) is 2.19. The van der Waals surface area contributed by atoms with Crippen molar-refractivity contribution in [2.45, 2.75) is 37.4 Å². The molecular formula is C7H14O5. The Kier molecular flexibility index (Phi) is 2.70. The van der Waals surface area contributed by atoms with Crippen LogP contribution in [0.5, 0.6) is 0 Å². The van der Waals surface area contributed by atoms with Gasteiger partial charge in [0.1, 0.15) is 18.3 Å². The minimum Gasteiger partial charge on any atom is -0.388 e. The zero-order valence-corrected chi connectivity index (χ0v) is 6.84. The molecule has 1 fully saturated rings. The summed E-state index contributed by atoms with van der Waals surface area (Å²) in [4.78, 5) is 0. The molecule has 2 unspecified atom stereocenters. The van der Waals surface area contributed by atoms with Crippen molar-refractivity contribution < 1.29 is 25.2 Å². The second-order valence-corrected chi connectivity index (χ2v) is 3.01. The van der Waals surface area contributed by atoms with Crippen molar-refractivity contribution in [1.82, 2.24) is 0 Å². The van der Waals surface area contributed by atoms with Gasteiger partial charge in [-0.3, -0.25) is 0 Å². The fourth-order valence-corrected chi connectivity index (χ4v) is 1.20. The molecule has 4 N–H and O–H groups in total. The zero-order chi connectivity index (χ0) is 9.35. The van der Waals surface area contributed by atoms with Gasteiger partial charge in [-0.2, -0.15) is 0 Å². The van der Waals surface area contributed by atoms with E-state index in [0.717, 1.165) is 0 Å². The molecule has 0 amide bonds. The molecule has 1 aliphatic heterocycles. The van der Waals surface area contributed by atoms with Crippen LogP contribution >= 0.6 is 0 Å². The Hall–Kier alpha value is -0.200. The summed E-state index contributed by atoms with van der Waals surface area (Å²) in [6, 6.07) is 0. The molecule has 0 radical (unpaired) electrons. The van der Waals surface area contributed by atoms with E-state index in [1.165, 1.54) is 0 Å². The number of rotatable bonds is 1. The summed E-state index contributed by atoms with van der Waals surface area (Å²) in [6.45, 7) is 1.45. The van der Waals surface area contributed by atoms with Crippen LogP contribution in [0.2, 0.25) is 0 Å². The molecule has 0 aromatic heterocycles. The maximum Gasteiger partial charge on any atom is 0.194 e. The summed E-state index contributed by atoms with van der Waals surface area (Å²) in [5.41, 5.74) is 0. The number of aliphatic hydroxyl groups excluding tert-OH is 3. The van der Waals surface area contributed by atoms with Crippen LogP contribution in [0.25, 0.3) is 0 Å². The smallest absolute Gasteiger partial charge is 0.194 e. The molecule has 1 heterocycles. The number of hydrogen-bond acceptors (Lipinski definition) is 5. The van der Waals surface area contributed by atoms with Crippen LogP contribution in [0.4, 0.5) is 0 Å². The molecule has 5 heteroatoms. The van der Waals surface area contributed by atoms with Crippen molar-refractivity contribution in [2.75, 3.05) is 6.61 Å². The highest BCUT2D eigenvalue weighted by molar-refractivity contribution is 4.90. The van der Waals surface area contributed by atoms with Gasteiger partial charge >= 0.3 is 0 Å². The molecule has 4 atom stereocenters. The van der Waals surface area contributed by atoms with Crippen molar-refractivity contribution >= 4 is 0 Å². The predicted octanol–water partition coefficient (Wildman–Crippen LogP) is -1.80. The van der Waals surface area contributed by atoms with E-state index in [1.807, 2.05) is 0 Å². The Morgan fingerprint density at radius 3 is 2.50 bits per heavy atom. The quantitative estimate of drug-likeness (QED) is 0.380. The van der Waals surface area contributed by atoms with Gasteiger partial charge in [0.2, 0.25) is 0 Å². The fourth-order valence-electron chi connectivity index (χ4n) is 1.20. The molecule has 0 saturated carbocycles. The van der Waals surface area contributed by atoms with Crippen LogP contribution in [0.3, 0.4) is 0 Å². The van der Waals surface area contributed by atoms with E-state index in [2.05, 4.69) is 0 Å². The average molecular weight is 178 g/mol. The second-order valence-electron chi connectivity index (χ2n) is 3.01. The third-order valence-electron chi connectivity index (χ3n) is 2.19. The van der Waals surface area contributed by atoms with E-state index in [9.17, 15) is 15.3 Å². The van der Waals surface area contributed by atoms with E-state index in [0.29, 0.717) is 0 Å². The maximum absolute atomic E-state index is 9.49. The molecular weight excluding hydrogens is 164 g/mol. The zero-order valence-electron chi connectivity index (χ0n) is 6.84. The number of ether oxygens (including phenoxy) is 1. The molecule has 0 aromatic carbocycles. The van der Waals surface area contributed by atoms with Crippen molar-refractivity contribution in [3.8, 4) is 0 Å². The lowest BCUT2D eigenvalue weighted by Crippen LogP contribution is -2.60. The van der Waals surface area contributed by atoms with Crippen molar-refractivity contribution in [3.05, 3.63) is 0 Å². The first-order valence-corrected chi connectivity index (χ1v) is 3.92. The van der Waals surface area contributed by atoms with Gasteiger partial charge in [0.05, 0.1) is 6.61 Å². The topological polar surface area (TPSA) is 90.2 Å². The van der Waals surface area contributed by atoms with Crippen LogP contribution in [-0.4, -0.2) is 51.1 Å². The predicted molar refractivity (Wildman–Crippen MR) is 39.2 cm³/mol. The Morgan fingerprint density at radius 2 is 2.00 bits per heavy atom. The van der Waals surface area contributed by atoms with Crippen LogP contribution in [0.15, 0.2) is 0 Å². The van der Waals surface area contributed by atoms with Crippen LogP contribution in [0.1, 0.15) is 13.3 Å². The lowest BCUT2D eigenvalue weighted by atomic mass is 9.95. The summed E-state index contributed by atoms with van der Waals surface area (Å²) in [7, 11) is 0. The molecule has 12 heavy (non-hydrogen) atoms. The molecule has 0 aromatic rings. The van der Waals surface area contributed by atoms with Gasteiger partial charge in [-0.05, 0) is 0 Å². The molecule has 0 bridgehead atoms. The Bertz CT molecular complexity index is 162. The van der Waals surface area contributed by atoms with E-state index in [1.54, 1.807) is 6.92 Å².